The number of rotatable bonds is 11. The number of amides is 1. The summed E-state index contributed by atoms with van der Waals surface area (Å²) >= 11 is 5.18. The number of carbonyl (C=O) groups excluding carboxylic acids is 2. The Labute approximate surface area is 180 Å². The summed E-state index contributed by atoms with van der Waals surface area (Å²) in [5.74, 6) is -0.00385. The van der Waals surface area contributed by atoms with Crippen LogP contribution < -0.4 is 21.1 Å². The smallest absolute Gasteiger partial charge is 0.432 e. The third kappa shape index (κ3) is 9.85. The Morgan fingerprint density at radius 2 is 1.70 bits per heavy atom. The molecule has 0 heterocycles. The minimum Gasteiger partial charge on any atom is -0.432 e. The molecule has 2 rings (SSSR count). The van der Waals surface area contributed by atoms with Crippen LogP contribution in [0.1, 0.15) is 12.0 Å². The van der Waals surface area contributed by atoms with Gasteiger partial charge in [0.25, 0.3) is 0 Å². The molecule has 0 fully saturated rings. The highest BCUT2D eigenvalue weighted by molar-refractivity contribution is 7.80. The standard InChI is InChI=1S/C21H25N3O5S/c22-19(25)11-8-16-6-9-18(10-7-16)29-21(26)28-15-14-27-13-12-23-20(30)24-17-4-2-1-3-5-17/h1-7,9-10H,8,11-15H2,(H2,22,25)(H2,23,24,30). The number of benzene rings is 2. The number of nitrogens with one attached hydrogen (secondary N) is 2. The molecule has 2 aromatic rings. The molecule has 0 aromatic heterocycles. The van der Waals surface area contributed by atoms with Gasteiger partial charge in [-0.25, -0.2) is 4.79 Å². The Balaban J connectivity index is 1.50. The first kappa shape index (κ1) is 23.1. The van der Waals surface area contributed by atoms with Crippen LogP contribution in [0, 0.1) is 0 Å². The summed E-state index contributed by atoms with van der Waals surface area (Å²) in [5, 5.41) is 6.58. The van der Waals surface area contributed by atoms with E-state index < -0.39 is 6.16 Å². The average Bonchev–Trinajstić information content (AvgIpc) is 2.73. The van der Waals surface area contributed by atoms with E-state index in [9.17, 15) is 9.59 Å². The minimum atomic E-state index is -0.810. The van der Waals surface area contributed by atoms with E-state index in [1.165, 1.54) is 0 Å². The third-order valence-corrected chi connectivity index (χ3v) is 4.04. The Hall–Kier alpha value is -3.17. The van der Waals surface area contributed by atoms with Crippen LogP contribution in [0.5, 0.6) is 5.75 Å². The molecule has 0 bridgehead atoms. The van der Waals surface area contributed by atoms with Gasteiger partial charge in [0, 0.05) is 18.7 Å². The van der Waals surface area contributed by atoms with Crippen LogP contribution in [0.4, 0.5) is 10.5 Å². The molecule has 0 aliphatic heterocycles. The Kier molecular flexibility index (Phi) is 10.1. The van der Waals surface area contributed by atoms with Crippen molar-refractivity contribution in [1.29, 1.82) is 0 Å². The van der Waals surface area contributed by atoms with Crippen molar-refractivity contribution >= 4 is 35.1 Å². The number of aryl methyl sites for hydroxylation is 1. The molecule has 0 aliphatic carbocycles. The number of hydrogen-bond acceptors (Lipinski definition) is 6. The first-order chi connectivity index (χ1) is 14.5. The summed E-state index contributed by atoms with van der Waals surface area (Å²) in [6.45, 7) is 1.23. The van der Waals surface area contributed by atoms with Crippen molar-refractivity contribution in [2.24, 2.45) is 5.73 Å². The molecule has 1 amide bonds. The number of carbonyl (C=O) groups is 2. The predicted molar refractivity (Wildman–Crippen MR) is 117 cm³/mol. The summed E-state index contributed by atoms with van der Waals surface area (Å²) in [6.07, 6.45) is 0.00157. The summed E-state index contributed by atoms with van der Waals surface area (Å²) in [7, 11) is 0. The van der Waals surface area contributed by atoms with E-state index in [-0.39, 0.29) is 25.5 Å². The maximum Gasteiger partial charge on any atom is 0.513 e. The largest absolute Gasteiger partial charge is 0.513 e. The van der Waals surface area contributed by atoms with Gasteiger partial charge in [-0.05, 0) is 48.5 Å². The van der Waals surface area contributed by atoms with Crippen LogP contribution in [-0.4, -0.2) is 43.5 Å². The minimum absolute atomic E-state index is 0.0717. The summed E-state index contributed by atoms with van der Waals surface area (Å²) < 4.78 is 15.4. The lowest BCUT2D eigenvalue weighted by Gasteiger charge is -2.11. The number of hydrogen-bond donors (Lipinski definition) is 3. The SMILES string of the molecule is NC(=O)CCc1ccc(OC(=O)OCCOCCNC(=S)Nc2ccccc2)cc1. The predicted octanol–water partition coefficient (Wildman–Crippen LogP) is 2.62. The highest BCUT2D eigenvalue weighted by atomic mass is 32.1. The molecule has 0 radical (unpaired) electrons. The van der Waals surface area contributed by atoms with Gasteiger partial charge in [0.2, 0.25) is 5.91 Å². The molecular formula is C21H25N3O5S. The zero-order valence-corrected chi connectivity index (χ0v) is 17.3. The number of para-hydroxylation sites is 1. The lowest BCUT2D eigenvalue weighted by molar-refractivity contribution is -0.117. The number of thiocarbonyl (C=S) groups is 1. The van der Waals surface area contributed by atoms with E-state index in [2.05, 4.69) is 10.6 Å². The second kappa shape index (κ2) is 13.1. The lowest BCUT2D eigenvalue weighted by atomic mass is 10.1. The molecule has 30 heavy (non-hydrogen) atoms. The van der Waals surface area contributed by atoms with Gasteiger partial charge < -0.3 is 30.6 Å². The van der Waals surface area contributed by atoms with Crippen molar-refractivity contribution in [3.8, 4) is 5.75 Å². The van der Waals surface area contributed by atoms with Gasteiger partial charge in [0.05, 0.1) is 13.2 Å². The molecule has 4 N–H and O–H groups in total. The number of ether oxygens (including phenoxy) is 3. The van der Waals surface area contributed by atoms with Gasteiger partial charge in [0.15, 0.2) is 5.11 Å². The van der Waals surface area contributed by atoms with Gasteiger partial charge >= 0.3 is 6.16 Å². The Morgan fingerprint density at radius 3 is 2.40 bits per heavy atom. The van der Waals surface area contributed by atoms with Gasteiger partial charge in [-0.2, -0.15) is 0 Å². The summed E-state index contributed by atoms with van der Waals surface area (Å²) in [5.41, 5.74) is 6.95. The fourth-order valence-electron chi connectivity index (χ4n) is 2.34. The molecule has 9 heteroatoms. The molecule has 0 aliphatic rings. The van der Waals surface area contributed by atoms with E-state index in [0.717, 1.165) is 11.3 Å². The van der Waals surface area contributed by atoms with Gasteiger partial charge in [0.1, 0.15) is 12.4 Å². The van der Waals surface area contributed by atoms with Crippen molar-refractivity contribution < 1.29 is 23.8 Å². The first-order valence-corrected chi connectivity index (χ1v) is 9.83. The molecule has 0 atom stereocenters. The zero-order chi connectivity index (χ0) is 21.6. The Morgan fingerprint density at radius 1 is 0.967 bits per heavy atom. The van der Waals surface area contributed by atoms with Crippen LogP contribution in [-0.2, 0) is 20.7 Å². The maximum absolute atomic E-state index is 11.7. The molecule has 8 nitrogen and oxygen atoms in total. The van der Waals surface area contributed by atoms with Crippen molar-refractivity contribution in [3.63, 3.8) is 0 Å². The monoisotopic (exact) mass is 431 g/mol. The van der Waals surface area contributed by atoms with Crippen molar-refractivity contribution in [2.45, 2.75) is 12.8 Å². The second-order valence-corrected chi connectivity index (χ2v) is 6.58. The normalized spacial score (nSPS) is 10.1. The van der Waals surface area contributed by atoms with Crippen molar-refractivity contribution in [2.75, 3.05) is 31.7 Å². The second-order valence-electron chi connectivity index (χ2n) is 6.17. The highest BCUT2D eigenvalue weighted by Gasteiger charge is 2.06. The molecule has 0 saturated heterocycles. The molecule has 2 aromatic carbocycles. The fourth-order valence-corrected chi connectivity index (χ4v) is 2.56. The third-order valence-electron chi connectivity index (χ3n) is 3.80. The number of primary amides is 1. The highest BCUT2D eigenvalue weighted by Crippen LogP contribution is 2.14. The molecule has 0 unspecified atom stereocenters. The van der Waals surface area contributed by atoms with Crippen LogP contribution in [0.3, 0.4) is 0 Å². The molecular weight excluding hydrogens is 406 g/mol. The van der Waals surface area contributed by atoms with E-state index >= 15 is 0 Å². The first-order valence-electron chi connectivity index (χ1n) is 9.42. The van der Waals surface area contributed by atoms with Gasteiger partial charge in [-0.1, -0.05) is 30.3 Å². The number of anilines is 1. The van der Waals surface area contributed by atoms with Crippen LogP contribution >= 0.6 is 12.2 Å². The van der Waals surface area contributed by atoms with Crippen LogP contribution in [0.15, 0.2) is 54.6 Å². The summed E-state index contributed by atoms with van der Waals surface area (Å²) in [6, 6.07) is 16.4. The van der Waals surface area contributed by atoms with Gasteiger partial charge in [-0.3, -0.25) is 4.79 Å². The van der Waals surface area contributed by atoms with Gasteiger partial charge in [-0.15, -0.1) is 0 Å². The fraction of sp³-hybridized carbons (Fsp3) is 0.286. The lowest BCUT2D eigenvalue weighted by Crippen LogP contribution is -2.31. The number of nitrogens with two attached hydrogens (primary N) is 1. The van der Waals surface area contributed by atoms with E-state index in [1.54, 1.807) is 24.3 Å². The van der Waals surface area contributed by atoms with Crippen LogP contribution in [0.25, 0.3) is 0 Å². The molecule has 0 saturated carbocycles. The molecule has 160 valence electrons. The molecule has 0 spiro atoms. The van der Waals surface area contributed by atoms with Crippen molar-refractivity contribution in [1.82, 2.24) is 5.32 Å². The topological polar surface area (TPSA) is 112 Å². The summed E-state index contributed by atoms with van der Waals surface area (Å²) in [4.78, 5) is 22.4. The van der Waals surface area contributed by atoms with E-state index in [4.69, 9.17) is 32.2 Å². The van der Waals surface area contributed by atoms with Crippen molar-refractivity contribution in [3.05, 3.63) is 60.2 Å². The maximum atomic E-state index is 11.7. The van der Waals surface area contributed by atoms with E-state index in [1.807, 2.05) is 30.3 Å². The quantitative estimate of drug-likeness (QED) is 0.215. The zero-order valence-electron chi connectivity index (χ0n) is 16.5. The van der Waals surface area contributed by atoms with Crippen LogP contribution in [0.2, 0.25) is 0 Å². The Bertz CT molecular complexity index is 815. The van der Waals surface area contributed by atoms with E-state index in [0.29, 0.717) is 30.4 Å². The average molecular weight is 432 g/mol.